The fourth-order valence-electron chi connectivity index (χ4n) is 2.75. The third kappa shape index (κ3) is 3.30. The van der Waals surface area contributed by atoms with Gasteiger partial charge in [-0.3, -0.25) is 4.79 Å². The molecule has 0 aliphatic heterocycles. The molecular formula is C19H23NO2. The van der Waals surface area contributed by atoms with E-state index in [4.69, 9.17) is 10.5 Å². The maximum absolute atomic E-state index is 11.8. The van der Waals surface area contributed by atoms with Crippen molar-refractivity contribution in [3.05, 3.63) is 59.2 Å². The lowest BCUT2D eigenvalue weighted by molar-refractivity contribution is 0.0999. The summed E-state index contributed by atoms with van der Waals surface area (Å²) < 4.78 is 6.04. The molecule has 2 aromatic carbocycles. The molecule has 0 aliphatic carbocycles. The minimum absolute atomic E-state index is 0.194. The average molecular weight is 297 g/mol. The maximum atomic E-state index is 11.8. The maximum Gasteiger partial charge on any atom is 0.249 e. The monoisotopic (exact) mass is 297 g/mol. The van der Waals surface area contributed by atoms with Gasteiger partial charge in [0.15, 0.2) is 0 Å². The van der Waals surface area contributed by atoms with E-state index in [0.717, 1.165) is 22.6 Å². The first-order chi connectivity index (χ1) is 10.4. The highest BCUT2D eigenvalue weighted by molar-refractivity contribution is 5.95. The molecule has 0 fully saturated rings. The van der Waals surface area contributed by atoms with E-state index in [-0.39, 0.29) is 11.8 Å². The van der Waals surface area contributed by atoms with E-state index < -0.39 is 5.91 Å². The number of benzene rings is 2. The molecule has 1 amide bonds. The minimum Gasteiger partial charge on any atom is -0.457 e. The highest BCUT2D eigenvalue weighted by Gasteiger charge is 2.22. The van der Waals surface area contributed by atoms with Crippen molar-refractivity contribution in [2.75, 3.05) is 0 Å². The summed E-state index contributed by atoms with van der Waals surface area (Å²) in [6.07, 6.45) is 0. The van der Waals surface area contributed by atoms with Crippen LogP contribution in [-0.4, -0.2) is 5.91 Å². The molecule has 0 spiro atoms. The van der Waals surface area contributed by atoms with Gasteiger partial charge in [-0.1, -0.05) is 45.9 Å². The first-order valence-corrected chi connectivity index (χ1v) is 7.61. The second-order valence-electron chi connectivity index (χ2n) is 6.03. The third-order valence-corrected chi connectivity index (χ3v) is 3.64. The van der Waals surface area contributed by atoms with E-state index >= 15 is 0 Å². The zero-order valence-corrected chi connectivity index (χ0v) is 13.6. The molecule has 0 aromatic heterocycles. The molecule has 0 bridgehead atoms. The van der Waals surface area contributed by atoms with Gasteiger partial charge < -0.3 is 10.5 Å². The Kier molecular flexibility index (Phi) is 4.86. The summed E-state index contributed by atoms with van der Waals surface area (Å²) in [5, 5.41) is 0. The summed E-state index contributed by atoms with van der Waals surface area (Å²) in [6, 6.07) is 13.3. The molecule has 3 heteroatoms. The van der Waals surface area contributed by atoms with Crippen molar-refractivity contribution in [2.45, 2.75) is 39.5 Å². The van der Waals surface area contributed by atoms with Gasteiger partial charge in [0.25, 0.3) is 0 Å². The molecule has 0 saturated carbocycles. The van der Waals surface area contributed by atoms with Gasteiger partial charge in [0.1, 0.15) is 11.5 Å². The van der Waals surface area contributed by atoms with E-state index in [1.165, 1.54) is 0 Å². The lowest BCUT2D eigenvalue weighted by Crippen LogP contribution is -2.17. The zero-order chi connectivity index (χ0) is 16.3. The molecule has 2 N–H and O–H groups in total. The minimum atomic E-state index is -0.392. The molecule has 3 nitrogen and oxygen atoms in total. The summed E-state index contributed by atoms with van der Waals surface area (Å²) in [7, 11) is 0. The van der Waals surface area contributed by atoms with Crippen molar-refractivity contribution in [3.8, 4) is 11.5 Å². The fraction of sp³-hybridized carbons (Fsp3) is 0.316. The summed E-state index contributed by atoms with van der Waals surface area (Å²) in [5.41, 5.74) is 8.16. The van der Waals surface area contributed by atoms with Gasteiger partial charge in [0.2, 0.25) is 5.91 Å². The SMILES string of the molecule is CC(C)c1c(Oc2ccccc2)ccc(C(N)=O)c1C(C)C. The van der Waals surface area contributed by atoms with Gasteiger partial charge in [-0.2, -0.15) is 0 Å². The van der Waals surface area contributed by atoms with Crippen molar-refractivity contribution >= 4 is 5.91 Å². The van der Waals surface area contributed by atoms with Crippen LogP contribution in [0.5, 0.6) is 11.5 Å². The number of carbonyl (C=O) groups is 1. The molecule has 0 atom stereocenters. The number of hydrogen-bond acceptors (Lipinski definition) is 2. The highest BCUT2D eigenvalue weighted by Crippen LogP contribution is 2.38. The second-order valence-corrected chi connectivity index (χ2v) is 6.03. The third-order valence-electron chi connectivity index (χ3n) is 3.64. The van der Waals surface area contributed by atoms with Crippen LogP contribution in [0.15, 0.2) is 42.5 Å². The Morgan fingerprint density at radius 3 is 2.00 bits per heavy atom. The van der Waals surface area contributed by atoms with Crippen LogP contribution >= 0.6 is 0 Å². The van der Waals surface area contributed by atoms with Gasteiger partial charge in [-0.25, -0.2) is 0 Å². The summed E-state index contributed by atoms with van der Waals surface area (Å²) in [4.78, 5) is 11.8. The van der Waals surface area contributed by atoms with Gasteiger partial charge in [-0.05, 0) is 41.7 Å². The lowest BCUT2D eigenvalue weighted by Gasteiger charge is -2.22. The summed E-state index contributed by atoms with van der Waals surface area (Å²) >= 11 is 0. The fourth-order valence-corrected chi connectivity index (χ4v) is 2.75. The van der Waals surface area contributed by atoms with Crippen molar-refractivity contribution in [2.24, 2.45) is 5.73 Å². The molecular weight excluding hydrogens is 274 g/mol. The quantitative estimate of drug-likeness (QED) is 0.859. The second kappa shape index (κ2) is 6.65. The Labute approximate surface area is 132 Å². The molecule has 0 radical (unpaired) electrons. The average Bonchev–Trinajstić information content (AvgIpc) is 2.47. The van der Waals surface area contributed by atoms with Crippen molar-refractivity contribution in [1.82, 2.24) is 0 Å². The van der Waals surface area contributed by atoms with Crippen LogP contribution in [0.25, 0.3) is 0 Å². The van der Waals surface area contributed by atoms with Gasteiger partial charge >= 0.3 is 0 Å². The van der Waals surface area contributed by atoms with Crippen molar-refractivity contribution < 1.29 is 9.53 Å². The standard InChI is InChI=1S/C19H23NO2/c1-12(2)17-15(19(20)21)10-11-16(18(17)13(3)4)22-14-8-6-5-7-9-14/h5-13H,1-4H3,(H2,20,21). The van der Waals surface area contributed by atoms with Crippen LogP contribution in [-0.2, 0) is 0 Å². The Bertz CT molecular complexity index is 661. The number of nitrogens with two attached hydrogens (primary N) is 1. The first kappa shape index (κ1) is 16.1. The predicted molar refractivity (Wildman–Crippen MR) is 89.7 cm³/mol. The van der Waals surface area contributed by atoms with Crippen molar-refractivity contribution in [1.29, 1.82) is 0 Å². The lowest BCUT2D eigenvalue weighted by atomic mass is 9.86. The number of amides is 1. The topological polar surface area (TPSA) is 52.3 Å². The smallest absolute Gasteiger partial charge is 0.249 e. The van der Waals surface area contributed by atoms with E-state index in [9.17, 15) is 4.79 Å². The van der Waals surface area contributed by atoms with Crippen LogP contribution in [0.3, 0.4) is 0 Å². The predicted octanol–water partition coefficient (Wildman–Crippen LogP) is 4.82. The van der Waals surface area contributed by atoms with Gasteiger partial charge in [-0.15, -0.1) is 0 Å². The Morgan fingerprint density at radius 2 is 1.50 bits per heavy atom. The normalized spacial score (nSPS) is 11.0. The van der Waals surface area contributed by atoms with Crippen molar-refractivity contribution in [3.63, 3.8) is 0 Å². The van der Waals surface area contributed by atoms with E-state index in [1.54, 1.807) is 6.07 Å². The molecule has 0 saturated heterocycles. The van der Waals surface area contributed by atoms with Crippen LogP contribution in [0, 0.1) is 0 Å². The number of para-hydroxylation sites is 1. The number of ether oxygens (including phenoxy) is 1. The van der Waals surface area contributed by atoms with Crippen LogP contribution < -0.4 is 10.5 Å². The number of carbonyl (C=O) groups excluding carboxylic acids is 1. The molecule has 0 unspecified atom stereocenters. The first-order valence-electron chi connectivity index (χ1n) is 7.61. The van der Waals surface area contributed by atoms with E-state index in [2.05, 4.69) is 27.7 Å². The van der Waals surface area contributed by atoms with Gasteiger partial charge in [0, 0.05) is 11.1 Å². The molecule has 0 aliphatic rings. The molecule has 116 valence electrons. The van der Waals surface area contributed by atoms with Crippen LogP contribution in [0.1, 0.15) is 61.0 Å². The Hall–Kier alpha value is -2.29. The van der Waals surface area contributed by atoms with E-state index in [0.29, 0.717) is 5.56 Å². The zero-order valence-electron chi connectivity index (χ0n) is 13.6. The van der Waals surface area contributed by atoms with E-state index in [1.807, 2.05) is 36.4 Å². The molecule has 2 rings (SSSR count). The summed E-state index contributed by atoms with van der Waals surface area (Å²) in [6.45, 7) is 8.34. The molecule has 0 heterocycles. The van der Waals surface area contributed by atoms with Gasteiger partial charge in [0.05, 0.1) is 0 Å². The highest BCUT2D eigenvalue weighted by atomic mass is 16.5. The summed E-state index contributed by atoms with van der Waals surface area (Å²) in [5.74, 6) is 1.60. The number of hydrogen-bond donors (Lipinski definition) is 1. The molecule has 22 heavy (non-hydrogen) atoms. The number of rotatable bonds is 5. The van der Waals surface area contributed by atoms with Crippen LogP contribution in [0.4, 0.5) is 0 Å². The Balaban J connectivity index is 2.59. The van der Waals surface area contributed by atoms with Crippen LogP contribution in [0.2, 0.25) is 0 Å². The molecule has 2 aromatic rings. The number of primary amides is 1. The Morgan fingerprint density at radius 1 is 0.909 bits per heavy atom. The largest absolute Gasteiger partial charge is 0.457 e.